The minimum absolute atomic E-state index is 0.763. The molecule has 0 radical (unpaired) electrons. The van der Waals surface area contributed by atoms with Gasteiger partial charge in [0.2, 0.25) is 0 Å². The van der Waals surface area contributed by atoms with Crippen LogP contribution in [-0.2, 0) is 6.54 Å². The topological polar surface area (TPSA) is 38.0 Å². The predicted octanol–water partition coefficient (Wildman–Crippen LogP) is 2.05. The zero-order valence-electron chi connectivity index (χ0n) is 10.1. The quantitative estimate of drug-likeness (QED) is 0.724. The summed E-state index contributed by atoms with van der Waals surface area (Å²) in [6.45, 7) is 9.23. The highest BCUT2D eigenvalue weighted by atomic mass is 14.8. The van der Waals surface area contributed by atoms with Crippen LogP contribution in [0.5, 0.6) is 0 Å². The molecule has 2 heteroatoms. The molecule has 0 heterocycles. The maximum atomic E-state index is 5.45. The van der Waals surface area contributed by atoms with Crippen LogP contribution < -0.4 is 11.1 Å². The van der Waals surface area contributed by atoms with Gasteiger partial charge in [-0.1, -0.05) is 17.7 Å². The molecule has 0 aliphatic heterocycles. The molecular formula is C13H22N2. The van der Waals surface area contributed by atoms with Crippen molar-refractivity contribution in [1.29, 1.82) is 0 Å². The van der Waals surface area contributed by atoms with E-state index in [1.54, 1.807) is 0 Å². The third-order valence-corrected chi connectivity index (χ3v) is 2.70. The second-order valence-corrected chi connectivity index (χ2v) is 4.20. The lowest BCUT2D eigenvalue weighted by Crippen LogP contribution is -2.18. The van der Waals surface area contributed by atoms with E-state index in [1.807, 2.05) is 0 Å². The maximum Gasteiger partial charge on any atom is 0.0210 e. The second kappa shape index (κ2) is 5.89. The average Bonchev–Trinajstić information content (AvgIpc) is 2.15. The maximum absolute atomic E-state index is 5.45. The first-order valence-electron chi connectivity index (χ1n) is 5.62. The molecule has 2 nitrogen and oxygen atoms in total. The molecule has 0 aliphatic carbocycles. The Balaban J connectivity index is 2.60. The van der Waals surface area contributed by atoms with Crippen molar-refractivity contribution < 1.29 is 0 Å². The van der Waals surface area contributed by atoms with Crippen molar-refractivity contribution in [3.8, 4) is 0 Å². The Morgan fingerprint density at radius 3 is 2.27 bits per heavy atom. The van der Waals surface area contributed by atoms with Crippen molar-refractivity contribution in [2.75, 3.05) is 13.1 Å². The molecular weight excluding hydrogens is 184 g/mol. The molecule has 15 heavy (non-hydrogen) atoms. The van der Waals surface area contributed by atoms with Crippen LogP contribution in [0, 0.1) is 20.8 Å². The van der Waals surface area contributed by atoms with Gasteiger partial charge in [0.25, 0.3) is 0 Å². The Bertz CT molecular complexity index is 295. The van der Waals surface area contributed by atoms with Gasteiger partial charge in [0, 0.05) is 6.54 Å². The fourth-order valence-corrected chi connectivity index (χ4v) is 1.93. The third kappa shape index (κ3) is 3.65. The molecule has 0 saturated carbocycles. The van der Waals surface area contributed by atoms with Gasteiger partial charge in [0.05, 0.1) is 0 Å². The molecule has 0 aromatic heterocycles. The Morgan fingerprint density at radius 1 is 1.13 bits per heavy atom. The molecule has 0 fully saturated rings. The number of hydrogen-bond donors (Lipinski definition) is 2. The Hall–Kier alpha value is -0.860. The summed E-state index contributed by atoms with van der Waals surface area (Å²) in [5.74, 6) is 0. The molecule has 0 unspecified atom stereocenters. The molecule has 0 amide bonds. The van der Waals surface area contributed by atoms with Crippen LogP contribution in [0.4, 0.5) is 0 Å². The zero-order chi connectivity index (χ0) is 11.3. The van der Waals surface area contributed by atoms with E-state index < -0.39 is 0 Å². The summed E-state index contributed by atoms with van der Waals surface area (Å²) in [6, 6.07) is 4.49. The van der Waals surface area contributed by atoms with Crippen molar-refractivity contribution in [3.63, 3.8) is 0 Å². The van der Waals surface area contributed by atoms with Crippen LogP contribution in [-0.4, -0.2) is 13.1 Å². The van der Waals surface area contributed by atoms with Crippen LogP contribution in [0.1, 0.15) is 28.7 Å². The normalized spacial score (nSPS) is 10.7. The van der Waals surface area contributed by atoms with Crippen LogP contribution >= 0.6 is 0 Å². The fourth-order valence-electron chi connectivity index (χ4n) is 1.93. The Kier molecular flexibility index (Phi) is 4.79. The number of hydrogen-bond acceptors (Lipinski definition) is 2. The van der Waals surface area contributed by atoms with Gasteiger partial charge in [-0.2, -0.15) is 0 Å². The van der Waals surface area contributed by atoms with E-state index in [-0.39, 0.29) is 0 Å². The highest BCUT2D eigenvalue weighted by Gasteiger charge is 2.02. The summed E-state index contributed by atoms with van der Waals surface area (Å²) >= 11 is 0. The fraction of sp³-hybridized carbons (Fsp3) is 0.538. The first kappa shape index (κ1) is 12.2. The Labute approximate surface area is 92.9 Å². The summed E-state index contributed by atoms with van der Waals surface area (Å²) in [5, 5.41) is 3.42. The SMILES string of the molecule is Cc1cc(C)c(CNCCCN)c(C)c1. The van der Waals surface area contributed by atoms with Gasteiger partial charge in [0.1, 0.15) is 0 Å². The second-order valence-electron chi connectivity index (χ2n) is 4.20. The Morgan fingerprint density at radius 2 is 1.73 bits per heavy atom. The summed E-state index contributed by atoms with van der Waals surface area (Å²) in [5.41, 5.74) is 11.0. The highest BCUT2D eigenvalue weighted by Crippen LogP contribution is 2.15. The molecule has 0 bridgehead atoms. The number of rotatable bonds is 5. The standard InChI is InChI=1S/C13H22N2/c1-10-7-11(2)13(12(3)8-10)9-15-6-4-5-14/h7-8,15H,4-6,9,14H2,1-3H3. The summed E-state index contributed by atoms with van der Waals surface area (Å²) in [6.07, 6.45) is 1.05. The average molecular weight is 206 g/mol. The molecule has 1 aromatic carbocycles. The minimum atomic E-state index is 0.763. The van der Waals surface area contributed by atoms with Crippen LogP contribution in [0.3, 0.4) is 0 Å². The molecule has 0 atom stereocenters. The molecule has 0 aliphatic rings. The molecule has 0 saturated heterocycles. The van der Waals surface area contributed by atoms with Crippen molar-refractivity contribution in [1.82, 2.24) is 5.32 Å². The van der Waals surface area contributed by atoms with Crippen molar-refractivity contribution in [3.05, 3.63) is 34.4 Å². The van der Waals surface area contributed by atoms with Gasteiger partial charge in [-0.3, -0.25) is 0 Å². The zero-order valence-corrected chi connectivity index (χ0v) is 10.1. The van der Waals surface area contributed by atoms with Gasteiger partial charge in [0.15, 0.2) is 0 Å². The van der Waals surface area contributed by atoms with Gasteiger partial charge in [-0.05, 0) is 57.0 Å². The first-order chi connectivity index (χ1) is 7.15. The van der Waals surface area contributed by atoms with Crippen molar-refractivity contribution in [2.45, 2.75) is 33.7 Å². The molecule has 3 N–H and O–H groups in total. The van der Waals surface area contributed by atoms with E-state index in [1.165, 1.54) is 22.3 Å². The van der Waals surface area contributed by atoms with E-state index in [4.69, 9.17) is 5.73 Å². The van der Waals surface area contributed by atoms with Crippen LogP contribution in [0.2, 0.25) is 0 Å². The molecule has 0 spiro atoms. The smallest absolute Gasteiger partial charge is 0.0210 e. The first-order valence-corrected chi connectivity index (χ1v) is 5.62. The van der Waals surface area contributed by atoms with Crippen LogP contribution in [0.25, 0.3) is 0 Å². The highest BCUT2D eigenvalue weighted by molar-refractivity contribution is 5.37. The lowest BCUT2D eigenvalue weighted by Gasteiger charge is -2.12. The van der Waals surface area contributed by atoms with Gasteiger partial charge in [-0.25, -0.2) is 0 Å². The van der Waals surface area contributed by atoms with E-state index in [0.717, 1.165) is 26.1 Å². The lowest BCUT2D eigenvalue weighted by molar-refractivity contribution is 0.652. The van der Waals surface area contributed by atoms with Gasteiger partial charge in [-0.15, -0.1) is 0 Å². The van der Waals surface area contributed by atoms with E-state index >= 15 is 0 Å². The van der Waals surface area contributed by atoms with Crippen LogP contribution in [0.15, 0.2) is 12.1 Å². The number of nitrogens with one attached hydrogen (secondary N) is 1. The number of benzene rings is 1. The van der Waals surface area contributed by atoms with E-state index in [0.29, 0.717) is 0 Å². The third-order valence-electron chi connectivity index (χ3n) is 2.70. The molecule has 1 rings (SSSR count). The van der Waals surface area contributed by atoms with E-state index in [2.05, 4.69) is 38.2 Å². The number of nitrogens with two attached hydrogens (primary N) is 1. The summed E-state index contributed by atoms with van der Waals surface area (Å²) in [7, 11) is 0. The van der Waals surface area contributed by atoms with E-state index in [9.17, 15) is 0 Å². The molecule has 84 valence electrons. The summed E-state index contributed by atoms with van der Waals surface area (Å²) < 4.78 is 0. The summed E-state index contributed by atoms with van der Waals surface area (Å²) in [4.78, 5) is 0. The number of aryl methyl sites for hydroxylation is 3. The van der Waals surface area contributed by atoms with Gasteiger partial charge < -0.3 is 11.1 Å². The monoisotopic (exact) mass is 206 g/mol. The largest absolute Gasteiger partial charge is 0.330 e. The van der Waals surface area contributed by atoms with Crippen molar-refractivity contribution in [2.24, 2.45) is 5.73 Å². The van der Waals surface area contributed by atoms with Crippen molar-refractivity contribution >= 4 is 0 Å². The van der Waals surface area contributed by atoms with Gasteiger partial charge >= 0.3 is 0 Å². The predicted molar refractivity (Wildman–Crippen MR) is 66.0 cm³/mol. The molecule has 1 aromatic rings. The minimum Gasteiger partial charge on any atom is -0.330 e. The lowest BCUT2D eigenvalue weighted by atomic mass is 10.00.